The molecule has 0 bridgehead atoms. The van der Waals surface area contributed by atoms with Gasteiger partial charge in [-0.3, -0.25) is 4.79 Å². The Labute approximate surface area is 113 Å². The molecule has 1 unspecified atom stereocenters. The number of nitrogens with zero attached hydrogens (tertiary/aromatic N) is 2. The number of amides is 1. The smallest absolute Gasteiger partial charge is 0.256 e. The molecule has 0 aliphatic carbocycles. The van der Waals surface area contributed by atoms with Gasteiger partial charge in [-0.1, -0.05) is 13.0 Å². The van der Waals surface area contributed by atoms with Crippen LogP contribution < -0.4 is 15.5 Å². The third-order valence-corrected chi connectivity index (χ3v) is 3.25. The number of ether oxygens (including phenoxy) is 1. The summed E-state index contributed by atoms with van der Waals surface area (Å²) < 4.78 is 5.17. The van der Waals surface area contributed by atoms with Crippen LogP contribution in [0.4, 0.5) is 5.69 Å². The second-order valence-corrected chi connectivity index (χ2v) is 4.43. The van der Waals surface area contributed by atoms with E-state index in [4.69, 9.17) is 10.5 Å². The molecule has 0 aromatic heterocycles. The summed E-state index contributed by atoms with van der Waals surface area (Å²) in [7, 11) is 1.60. The zero-order valence-corrected chi connectivity index (χ0v) is 11.3. The number of hydrazone groups is 1. The van der Waals surface area contributed by atoms with Crippen LogP contribution in [0.2, 0.25) is 0 Å². The monoisotopic (exact) mass is 261 g/mol. The summed E-state index contributed by atoms with van der Waals surface area (Å²) in [5, 5.41) is 5.88. The molecule has 1 heterocycles. The highest BCUT2D eigenvalue weighted by atomic mass is 16.5. The normalized spacial score (nSPS) is 18.7. The van der Waals surface area contributed by atoms with Gasteiger partial charge in [0, 0.05) is 6.07 Å². The number of nitrogens with two attached hydrogens (primary N) is 1. The van der Waals surface area contributed by atoms with Crippen molar-refractivity contribution in [3.63, 3.8) is 0 Å². The number of carbonyl (C=O) groups excluding carboxylic acids is 1. The summed E-state index contributed by atoms with van der Waals surface area (Å²) >= 11 is 0. The summed E-state index contributed by atoms with van der Waals surface area (Å²) in [4.78, 5) is 12.4. The van der Waals surface area contributed by atoms with E-state index in [1.165, 1.54) is 5.01 Å². The number of methoxy groups -OCH3 is 1. The largest absolute Gasteiger partial charge is 0.497 e. The minimum atomic E-state index is -0.179. The molecule has 2 N–H and O–H groups in total. The first-order valence-corrected chi connectivity index (χ1v) is 6.46. The molecule has 1 aliphatic rings. The van der Waals surface area contributed by atoms with Crippen LogP contribution in [0.3, 0.4) is 0 Å². The first-order chi connectivity index (χ1) is 9.21. The first-order valence-electron chi connectivity index (χ1n) is 6.46. The van der Waals surface area contributed by atoms with Crippen molar-refractivity contribution >= 4 is 17.3 Å². The molecule has 1 aromatic rings. The maximum Gasteiger partial charge on any atom is 0.256 e. The lowest BCUT2D eigenvalue weighted by Gasteiger charge is -2.14. The van der Waals surface area contributed by atoms with Crippen molar-refractivity contribution < 1.29 is 9.53 Å². The Morgan fingerprint density at radius 1 is 1.47 bits per heavy atom. The summed E-state index contributed by atoms with van der Waals surface area (Å²) in [6, 6.07) is 7.34. The van der Waals surface area contributed by atoms with E-state index in [9.17, 15) is 4.79 Å². The van der Waals surface area contributed by atoms with Crippen LogP contribution in [0.15, 0.2) is 29.4 Å². The predicted molar refractivity (Wildman–Crippen MR) is 75.4 cm³/mol. The molecule has 1 atom stereocenters. The van der Waals surface area contributed by atoms with Crippen LogP contribution in [0.5, 0.6) is 5.75 Å². The molecule has 5 heteroatoms. The Balaban J connectivity index is 2.30. The van der Waals surface area contributed by atoms with Gasteiger partial charge in [0.1, 0.15) is 5.75 Å². The van der Waals surface area contributed by atoms with Gasteiger partial charge >= 0.3 is 0 Å². The molecular weight excluding hydrogens is 242 g/mol. The molecule has 1 amide bonds. The molecule has 1 aliphatic heterocycles. The van der Waals surface area contributed by atoms with E-state index < -0.39 is 0 Å². The highest BCUT2D eigenvalue weighted by Gasteiger charge is 2.34. The number of rotatable bonds is 5. The third kappa shape index (κ3) is 2.61. The number of anilines is 1. The van der Waals surface area contributed by atoms with Gasteiger partial charge in [-0.25, -0.2) is 5.01 Å². The third-order valence-electron chi connectivity index (χ3n) is 3.25. The Morgan fingerprint density at radius 2 is 2.26 bits per heavy atom. The van der Waals surface area contributed by atoms with Crippen LogP contribution in [0.1, 0.15) is 19.8 Å². The maximum atomic E-state index is 12.4. The van der Waals surface area contributed by atoms with Crippen LogP contribution in [-0.2, 0) is 4.79 Å². The SMILES string of the molecule is CCC1=NN(c2cccc(OC)c2)C(=O)C1CCN. The zero-order valence-electron chi connectivity index (χ0n) is 11.3. The number of benzene rings is 1. The second-order valence-electron chi connectivity index (χ2n) is 4.43. The van der Waals surface area contributed by atoms with E-state index in [0.29, 0.717) is 18.7 Å². The number of hydrogen-bond acceptors (Lipinski definition) is 4. The van der Waals surface area contributed by atoms with Crippen LogP contribution in [0.25, 0.3) is 0 Å². The average Bonchev–Trinajstić information content (AvgIpc) is 2.76. The molecule has 2 rings (SSSR count). The lowest BCUT2D eigenvalue weighted by Crippen LogP contribution is -2.29. The molecule has 102 valence electrons. The van der Waals surface area contributed by atoms with Crippen molar-refractivity contribution in [2.75, 3.05) is 18.7 Å². The van der Waals surface area contributed by atoms with Gasteiger partial charge in [0.2, 0.25) is 0 Å². The van der Waals surface area contributed by atoms with Crippen molar-refractivity contribution in [3.8, 4) is 5.75 Å². The topological polar surface area (TPSA) is 67.9 Å². The Hall–Kier alpha value is -1.88. The van der Waals surface area contributed by atoms with Gasteiger partial charge in [0.05, 0.1) is 24.4 Å². The first kappa shape index (κ1) is 13.5. The summed E-state index contributed by atoms with van der Waals surface area (Å²) in [5.41, 5.74) is 7.20. The lowest BCUT2D eigenvalue weighted by molar-refractivity contribution is -0.119. The summed E-state index contributed by atoms with van der Waals surface area (Å²) in [6.07, 6.45) is 1.41. The quantitative estimate of drug-likeness (QED) is 0.878. The van der Waals surface area contributed by atoms with Crippen LogP contribution in [0, 0.1) is 5.92 Å². The standard InChI is InChI=1S/C14H19N3O2/c1-3-13-12(7-8-15)14(18)17(16-13)10-5-4-6-11(9-10)19-2/h4-6,9,12H,3,7-8,15H2,1-2H3. The van der Waals surface area contributed by atoms with Gasteiger partial charge in [-0.2, -0.15) is 5.10 Å². The second kappa shape index (κ2) is 5.84. The van der Waals surface area contributed by atoms with Crippen molar-refractivity contribution in [1.82, 2.24) is 0 Å². The molecule has 1 aromatic carbocycles. The highest BCUT2D eigenvalue weighted by Crippen LogP contribution is 2.28. The minimum absolute atomic E-state index is 0.00412. The van der Waals surface area contributed by atoms with Crippen molar-refractivity contribution in [2.45, 2.75) is 19.8 Å². The van der Waals surface area contributed by atoms with Gasteiger partial charge in [0.15, 0.2) is 0 Å². The van der Waals surface area contributed by atoms with Gasteiger partial charge in [-0.15, -0.1) is 0 Å². The highest BCUT2D eigenvalue weighted by molar-refractivity contribution is 6.15. The van der Waals surface area contributed by atoms with E-state index in [0.717, 1.165) is 17.8 Å². The molecule has 0 saturated heterocycles. The Kier molecular flexibility index (Phi) is 4.16. The Bertz CT molecular complexity index is 499. The van der Waals surface area contributed by atoms with E-state index in [2.05, 4.69) is 5.10 Å². The van der Waals surface area contributed by atoms with Crippen LogP contribution >= 0.6 is 0 Å². The van der Waals surface area contributed by atoms with E-state index >= 15 is 0 Å². The minimum Gasteiger partial charge on any atom is -0.497 e. The number of hydrogen-bond donors (Lipinski definition) is 1. The molecule has 0 saturated carbocycles. The summed E-state index contributed by atoms with van der Waals surface area (Å²) in [6.45, 7) is 2.49. The summed E-state index contributed by atoms with van der Waals surface area (Å²) in [5.74, 6) is 0.526. The van der Waals surface area contributed by atoms with E-state index in [-0.39, 0.29) is 11.8 Å². The molecule has 0 radical (unpaired) electrons. The van der Waals surface area contributed by atoms with Gasteiger partial charge in [0.25, 0.3) is 5.91 Å². The zero-order chi connectivity index (χ0) is 13.8. The lowest BCUT2D eigenvalue weighted by atomic mass is 9.98. The fourth-order valence-electron chi connectivity index (χ4n) is 2.24. The maximum absolute atomic E-state index is 12.4. The van der Waals surface area contributed by atoms with Crippen molar-refractivity contribution in [2.24, 2.45) is 16.8 Å². The van der Waals surface area contributed by atoms with Crippen LogP contribution in [-0.4, -0.2) is 25.3 Å². The number of carbonyl (C=O) groups is 1. The van der Waals surface area contributed by atoms with Gasteiger partial charge < -0.3 is 10.5 Å². The Morgan fingerprint density at radius 3 is 2.89 bits per heavy atom. The van der Waals surface area contributed by atoms with Crippen molar-refractivity contribution in [1.29, 1.82) is 0 Å². The molecule has 19 heavy (non-hydrogen) atoms. The van der Waals surface area contributed by atoms with E-state index in [1.807, 2.05) is 25.1 Å². The molecule has 0 fully saturated rings. The molecule has 0 spiro atoms. The fourth-order valence-corrected chi connectivity index (χ4v) is 2.24. The van der Waals surface area contributed by atoms with Crippen molar-refractivity contribution in [3.05, 3.63) is 24.3 Å². The predicted octanol–water partition coefficient (Wildman–Crippen LogP) is 1.77. The van der Waals surface area contributed by atoms with Gasteiger partial charge in [-0.05, 0) is 31.5 Å². The average molecular weight is 261 g/mol. The molecule has 5 nitrogen and oxygen atoms in total. The van der Waals surface area contributed by atoms with E-state index in [1.54, 1.807) is 13.2 Å². The fraction of sp³-hybridized carbons (Fsp3) is 0.429. The molecular formula is C14H19N3O2.